The molecule has 8 heteroatoms. The molecule has 0 aliphatic carbocycles. The average Bonchev–Trinajstić information content (AvgIpc) is 3.36. The van der Waals surface area contributed by atoms with Gasteiger partial charge < -0.3 is 19.8 Å². The fraction of sp³-hybridized carbons (Fsp3) is 0.280. The number of nitrogens with one attached hydrogen (secondary N) is 2. The molecule has 33 heavy (non-hydrogen) atoms. The molecule has 7 nitrogen and oxygen atoms in total. The molecular weight excluding hydrogens is 425 g/mol. The van der Waals surface area contributed by atoms with Crippen LogP contribution >= 0.6 is 0 Å². The molecule has 1 unspecified atom stereocenters. The molecule has 1 aliphatic rings. The van der Waals surface area contributed by atoms with E-state index in [2.05, 4.69) is 15.5 Å². The van der Waals surface area contributed by atoms with Crippen molar-refractivity contribution in [2.24, 2.45) is 0 Å². The Morgan fingerprint density at radius 1 is 1.06 bits per heavy atom. The SMILES string of the molecule is Cc1ccc(C(=O)NCC(c2cccc(F)c2)N2CCOCC2)cc1NC(=O)c1ccco1. The average molecular weight is 451 g/mol. The molecule has 2 aromatic carbocycles. The summed E-state index contributed by atoms with van der Waals surface area (Å²) in [4.78, 5) is 27.5. The molecule has 0 radical (unpaired) electrons. The molecular formula is C25H26FN3O4. The van der Waals surface area contributed by atoms with Gasteiger partial charge in [-0.25, -0.2) is 4.39 Å². The number of amides is 2. The van der Waals surface area contributed by atoms with Crippen LogP contribution in [0.5, 0.6) is 0 Å². The molecule has 172 valence electrons. The lowest BCUT2D eigenvalue weighted by Crippen LogP contribution is -2.43. The van der Waals surface area contributed by atoms with Crippen LogP contribution in [0, 0.1) is 12.7 Å². The maximum absolute atomic E-state index is 13.9. The third kappa shape index (κ3) is 5.66. The Bertz CT molecular complexity index is 1110. The molecule has 1 aromatic heterocycles. The highest BCUT2D eigenvalue weighted by molar-refractivity contribution is 6.03. The Hall–Kier alpha value is -3.49. The van der Waals surface area contributed by atoms with E-state index in [1.54, 1.807) is 36.4 Å². The zero-order valence-corrected chi connectivity index (χ0v) is 18.3. The summed E-state index contributed by atoms with van der Waals surface area (Å²) in [6.45, 7) is 4.74. The van der Waals surface area contributed by atoms with E-state index in [1.807, 2.05) is 13.0 Å². The number of carbonyl (C=O) groups excluding carboxylic acids is 2. The summed E-state index contributed by atoms with van der Waals surface area (Å²) in [7, 11) is 0. The highest BCUT2D eigenvalue weighted by Gasteiger charge is 2.24. The Morgan fingerprint density at radius 2 is 1.88 bits per heavy atom. The minimum Gasteiger partial charge on any atom is -0.459 e. The summed E-state index contributed by atoms with van der Waals surface area (Å²) >= 11 is 0. The largest absolute Gasteiger partial charge is 0.459 e. The number of benzene rings is 2. The van der Waals surface area contributed by atoms with Gasteiger partial charge in [0.1, 0.15) is 5.82 Å². The van der Waals surface area contributed by atoms with Gasteiger partial charge in [-0.15, -0.1) is 0 Å². The number of ether oxygens (including phenoxy) is 1. The van der Waals surface area contributed by atoms with Crippen molar-refractivity contribution in [3.63, 3.8) is 0 Å². The van der Waals surface area contributed by atoms with Crippen molar-refractivity contribution < 1.29 is 23.1 Å². The number of hydrogen-bond donors (Lipinski definition) is 2. The number of nitrogens with zero attached hydrogens (tertiary/aromatic N) is 1. The van der Waals surface area contributed by atoms with Crippen LogP contribution in [-0.2, 0) is 4.74 Å². The smallest absolute Gasteiger partial charge is 0.291 e. The van der Waals surface area contributed by atoms with Crippen molar-refractivity contribution in [2.75, 3.05) is 38.2 Å². The minimum absolute atomic E-state index is 0.183. The van der Waals surface area contributed by atoms with E-state index in [1.165, 1.54) is 18.4 Å². The first-order valence-electron chi connectivity index (χ1n) is 10.8. The molecule has 4 rings (SSSR count). The van der Waals surface area contributed by atoms with Crippen LogP contribution in [0.4, 0.5) is 10.1 Å². The van der Waals surface area contributed by atoms with Crippen molar-refractivity contribution in [2.45, 2.75) is 13.0 Å². The van der Waals surface area contributed by atoms with E-state index < -0.39 is 0 Å². The highest BCUT2D eigenvalue weighted by Crippen LogP contribution is 2.23. The second-order valence-corrected chi connectivity index (χ2v) is 7.89. The van der Waals surface area contributed by atoms with Gasteiger partial charge in [0.15, 0.2) is 5.76 Å². The van der Waals surface area contributed by atoms with Crippen LogP contribution in [0.25, 0.3) is 0 Å². The van der Waals surface area contributed by atoms with Gasteiger partial charge in [0.25, 0.3) is 11.8 Å². The van der Waals surface area contributed by atoms with Gasteiger partial charge in [0, 0.05) is 30.9 Å². The molecule has 3 aromatic rings. The lowest BCUT2D eigenvalue weighted by Gasteiger charge is -2.35. The topological polar surface area (TPSA) is 83.8 Å². The van der Waals surface area contributed by atoms with E-state index in [0.29, 0.717) is 44.1 Å². The van der Waals surface area contributed by atoms with Crippen molar-refractivity contribution in [1.82, 2.24) is 10.2 Å². The molecule has 0 saturated carbocycles. The van der Waals surface area contributed by atoms with Crippen LogP contribution in [0.1, 0.15) is 38.1 Å². The van der Waals surface area contributed by atoms with E-state index in [0.717, 1.165) is 11.1 Å². The van der Waals surface area contributed by atoms with Crippen molar-refractivity contribution in [3.05, 3.63) is 89.1 Å². The molecule has 2 N–H and O–H groups in total. The fourth-order valence-electron chi connectivity index (χ4n) is 3.84. The Morgan fingerprint density at radius 3 is 2.61 bits per heavy atom. The van der Waals surface area contributed by atoms with Crippen LogP contribution < -0.4 is 10.6 Å². The summed E-state index contributed by atoms with van der Waals surface area (Å²) in [6, 6.07) is 14.6. The van der Waals surface area contributed by atoms with Gasteiger partial charge in [-0.3, -0.25) is 14.5 Å². The molecule has 0 spiro atoms. The van der Waals surface area contributed by atoms with Crippen molar-refractivity contribution in [1.29, 1.82) is 0 Å². The predicted octanol–water partition coefficient (Wildman–Crippen LogP) is 3.78. The number of morpholine rings is 1. The second kappa shape index (κ2) is 10.4. The molecule has 0 bridgehead atoms. The maximum atomic E-state index is 13.9. The Kier molecular flexibility index (Phi) is 7.16. The zero-order chi connectivity index (χ0) is 23.2. The first-order chi connectivity index (χ1) is 16.0. The van der Waals surface area contributed by atoms with Gasteiger partial charge in [-0.1, -0.05) is 18.2 Å². The minimum atomic E-state index is -0.390. The van der Waals surface area contributed by atoms with Crippen LogP contribution in [0.3, 0.4) is 0 Å². The Balaban J connectivity index is 1.47. The van der Waals surface area contributed by atoms with Gasteiger partial charge in [-0.05, 0) is 54.4 Å². The Labute approximate surface area is 191 Å². The van der Waals surface area contributed by atoms with Gasteiger partial charge >= 0.3 is 0 Å². The number of anilines is 1. The summed E-state index contributed by atoms with van der Waals surface area (Å²) in [5, 5.41) is 5.75. The van der Waals surface area contributed by atoms with E-state index in [9.17, 15) is 14.0 Å². The molecule has 1 aliphatic heterocycles. The first kappa shape index (κ1) is 22.7. The van der Waals surface area contributed by atoms with Gasteiger partial charge in [-0.2, -0.15) is 0 Å². The van der Waals surface area contributed by atoms with Gasteiger partial charge in [0.2, 0.25) is 0 Å². The number of furan rings is 1. The number of aryl methyl sites for hydroxylation is 1. The molecule has 2 heterocycles. The molecule has 1 saturated heterocycles. The fourth-order valence-corrected chi connectivity index (χ4v) is 3.84. The van der Waals surface area contributed by atoms with Gasteiger partial charge in [0.05, 0.1) is 25.5 Å². The lowest BCUT2D eigenvalue weighted by atomic mass is 10.0. The number of halogens is 1. The van der Waals surface area contributed by atoms with Crippen molar-refractivity contribution in [3.8, 4) is 0 Å². The molecule has 1 atom stereocenters. The summed E-state index contributed by atoms with van der Waals surface area (Å²) in [5.74, 6) is -0.794. The molecule has 2 amide bonds. The first-order valence-corrected chi connectivity index (χ1v) is 10.8. The van der Waals surface area contributed by atoms with Crippen LogP contribution in [0.15, 0.2) is 65.3 Å². The maximum Gasteiger partial charge on any atom is 0.291 e. The normalized spacial score (nSPS) is 15.1. The van der Waals surface area contributed by atoms with E-state index in [4.69, 9.17) is 9.15 Å². The number of carbonyl (C=O) groups is 2. The number of hydrogen-bond acceptors (Lipinski definition) is 5. The third-order valence-electron chi connectivity index (χ3n) is 5.67. The van der Waals surface area contributed by atoms with Crippen molar-refractivity contribution >= 4 is 17.5 Å². The molecule has 1 fully saturated rings. The third-order valence-corrected chi connectivity index (χ3v) is 5.67. The van der Waals surface area contributed by atoms with E-state index >= 15 is 0 Å². The lowest BCUT2D eigenvalue weighted by molar-refractivity contribution is 0.0162. The summed E-state index contributed by atoms with van der Waals surface area (Å²) in [6.07, 6.45) is 1.43. The summed E-state index contributed by atoms with van der Waals surface area (Å²) < 4.78 is 24.4. The van der Waals surface area contributed by atoms with Crippen LogP contribution in [-0.4, -0.2) is 49.6 Å². The summed E-state index contributed by atoms with van der Waals surface area (Å²) in [5.41, 5.74) is 2.55. The quantitative estimate of drug-likeness (QED) is 0.571. The highest BCUT2D eigenvalue weighted by atomic mass is 19.1. The zero-order valence-electron chi connectivity index (χ0n) is 18.3. The van der Waals surface area contributed by atoms with Crippen LogP contribution in [0.2, 0.25) is 0 Å². The van der Waals surface area contributed by atoms with E-state index in [-0.39, 0.29) is 29.4 Å². The number of rotatable bonds is 7. The standard InChI is InChI=1S/C25H26FN3O4/c1-17-7-8-19(15-21(17)28-25(31)23-6-3-11-33-23)24(30)27-16-22(29-9-12-32-13-10-29)18-4-2-5-20(26)14-18/h2-8,11,14-15,22H,9-10,12-13,16H2,1H3,(H,27,30)(H,28,31). The predicted molar refractivity (Wildman–Crippen MR) is 122 cm³/mol. The monoisotopic (exact) mass is 451 g/mol. The second-order valence-electron chi connectivity index (χ2n) is 7.89.